The number of hydrogen-bond acceptors (Lipinski definition) is 3. The minimum Gasteiger partial charge on any atom is -0.395 e. The van der Waals surface area contributed by atoms with Gasteiger partial charge in [-0.1, -0.05) is 13.8 Å². The van der Waals surface area contributed by atoms with Crippen LogP contribution < -0.4 is 5.32 Å². The Morgan fingerprint density at radius 3 is 2.68 bits per heavy atom. The fraction of sp³-hybridized carbons (Fsp3) is 1.00. The average Bonchev–Trinajstić information content (AvgIpc) is 2.85. The van der Waals surface area contributed by atoms with Crippen molar-refractivity contribution in [1.29, 1.82) is 0 Å². The van der Waals surface area contributed by atoms with E-state index in [0.717, 1.165) is 17.8 Å². The summed E-state index contributed by atoms with van der Waals surface area (Å²) in [5.41, 5.74) is 0. The van der Waals surface area contributed by atoms with Gasteiger partial charge in [-0.3, -0.25) is 4.90 Å². The van der Waals surface area contributed by atoms with Crippen molar-refractivity contribution in [2.24, 2.45) is 17.8 Å². The zero-order chi connectivity index (χ0) is 13.8. The number of nitrogens with zero attached hydrogens (tertiary/aromatic N) is 1. The van der Waals surface area contributed by atoms with Crippen molar-refractivity contribution in [2.45, 2.75) is 58.0 Å². The van der Waals surface area contributed by atoms with Crippen LogP contribution in [0.5, 0.6) is 0 Å². The highest BCUT2D eigenvalue weighted by molar-refractivity contribution is 4.89. The van der Waals surface area contributed by atoms with Gasteiger partial charge in [0.1, 0.15) is 0 Å². The Morgan fingerprint density at radius 2 is 2.05 bits per heavy atom. The van der Waals surface area contributed by atoms with Gasteiger partial charge in [0.15, 0.2) is 0 Å². The Hall–Kier alpha value is -0.120. The second-order valence-electron chi connectivity index (χ2n) is 6.95. The topological polar surface area (TPSA) is 35.5 Å². The van der Waals surface area contributed by atoms with E-state index in [-0.39, 0.29) is 0 Å². The lowest BCUT2D eigenvalue weighted by atomic mass is 9.73. The zero-order valence-corrected chi connectivity index (χ0v) is 12.9. The zero-order valence-electron chi connectivity index (χ0n) is 12.9. The van der Waals surface area contributed by atoms with Crippen molar-refractivity contribution in [3.63, 3.8) is 0 Å². The molecule has 0 amide bonds. The van der Waals surface area contributed by atoms with E-state index < -0.39 is 0 Å². The third-order valence-corrected chi connectivity index (χ3v) is 5.52. The van der Waals surface area contributed by atoms with E-state index in [1.54, 1.807) is 0 Å². The SMILES string of the molecule is CNC1CCC(C(C)C)CC1CN1CCCC1CO. The number of likely N-dealkylation sites (tertiary alicyclic amines) is 1. The Bertz CT molecular complexity index is 269. The maximum Gasteiger partial charge on any atom is 0.0586 e. The molecule has 1 saturated heterocycles. The van der Waals surface area contributed by atoms with Gasteiger partial charge >= 0.3 is 0 Å². The second kappa shape index (κ2) is 7.05. The molecule has 4 atom stereocenters. The van der Waals surface area contributed by atoms with E-state index >= 15 is 0 Å². The summed E-state index contributed by atoms with van der Waals surface area (Å²) in [6, 6.07) is 1.10. The van der Waals surface area contributed by atoms with Crippen LogP contribution in [0.4, 0.5) is 0 Å². The van der Waals surface area contributed by atoms with Crippen molar-refractivity contribution in [1.82, 2.24) is 10.2 Å². The monoisotopic (exact) mass is 268 g/mol. The van der Waals surface area contributed by atoms with Gasteiger partial charge in [-0.05, 0) is 63.5 Å². The summed E-state index contributed by atoms with van der Waals surface area (Å²) in [6.45, 7) is 7.44. The maximum absolute atomic E-state index is 9.47. The number of nitrogens with one attached hydrogen (secondary N) is 1. The van der Waals surface area contributed by atoms with E-state index in [2.05, 4.69) is 31.1 Å². The van der Waals surface area contributed by atoms with Crippen molar-refractivity contribution < 1.29 is 5.11 Å². The Morgan fingerprint density at radius 1 is 1.26 bits per heavy atom. The van der Waals surface area contributed by atoms with E-state index in [1.165, 1.54) is 45.2 Å². The van der Waals surface area contributed by atoms with Crippen molar-refractivity contribution in [3.05, 3.63) is 0 Å². The highest BCUT2D eigenvalue weighted by Crippen LogP contribution is 2.35. The highest BCUT2D eigenvalue weighted by Gasteiger charge is 2.34. The van der Waals surface area contributed by atoms with Gasteiger partial charge in [-0.25, -0.2) is 0 Å². The first-order valence-electron chi connectivity index (χ1n) is 8.17. The summed E-state index contributed by atoms with van der Waals surface area (Å²) < 4.78 is 0. The lowest BCUT2D eigenvalue weighted by Gasteiger charge is -2.40. The van der Waals surface area contributed by atoms with Crippen LogP contribution in [-0.2, 0) is 0 Å². The minimum absolute atomic E-state index is 0.338. The fourth-order valence-corrected chi connectivity index (χ4v) is 4.13. The third kappa shape index (κ3) is 3.71. The van der Waals surface area contributed by atoms with Gasteiger partial charge in [-0.2, -0.15) is 0 Å². The van der Waals surface area contributed by atoms with Crippen LogP contribution in [-0.4, -0.2) is 48.8 Å². The highest BCUT2D eigenvalue weighted by atomic mass is 16.3. The summed E-state index contributed by atoms with van der Waals surface area (Å²) in [6.07, 6.45) is 6.50. The van der Waals surface area contributed by atoms with Crippen molar-refractivity contribution in [2.75, 3.05) is 26.7 Å². The molecule has 112 valence electrons. The number of rotatable bonds is 5. The first kappa shape index (κ1) is 15.3. The van der Waals surface area contributed by atoms with Crippen LogP contribution in [0.25, 0.3) is 0 Å². The normalized spacial score (nSPS) is 37.1. The van der Waals surface area contributed by atoms with Crippen LogP contribution in [0, 0.1) is 17.8 Å². The fourth-order valence-electron chi connectivity index (χ4n) is 4.13. The van der Waals surface area contributed by atoms with Crippen LogP contribution in [0.2, 0.25) is 0 Å². The van der Waals surface area contributed by atoms with Crippen LogP contribution in [0.3, 0.4) is 0 Å². The molecule has 1 saturated carbocycles. The summed E-state index contributed by atoms with van der Waals surface area (Å²) in [4.78, 5) is 2.54. The summed E-state index contributed by atoms with van der Waals surface area (Å²) >= 11 is 0. The Labute approximate surface area is 118 Å². The lowest BCUT2D eigenvalue weighted by Crippen LogP contribution is -2.46. The Balaban J connectivity index is 1.94. The summed E-state index contributed by atoms with van der Waals surface area (Å²) in [5, 5.41) is 13.0. The molecule has 0 bridgehead atoms. The molecule has 2 rings (SSSR count). The molecule has 2 N–H and O–H groups in total. The maximum atomic E-state index is 9.47. The molecular formula is C16H32N2O. The second-order valence-corrected chi connectivity index (χ2v) is 6.95. The molecule has 0 spiro atoms. The Kier molecular flexibility index (Phi) is 5.67. The van der Waals surface area contributed by atoms with E-state index in [4.69, 9.17) is 0 Å². The molecule has 19 heavy (non-hydrogen) atoms. The van der Waals surface area contributed by atoms with E-state index in [1.807, 2.05) is 0 Å². The number of hydrogen-bond donors (Lipinski definition) is 2. The summed E-state index contributed by atoms with van der Waals surface area (Å²) in [5.74, 6) is 2.47. The van der Waals surface area contributed by atoms with Crippen molar-refractivity contribution >= 4 is 0 Å². The van der Waals surface area contributed by atoms with E-state index in [9.17, 15) is 5.11 Å². The molecule has 1 aliphatic carbocycles. The van der Waals surface area contributed by atoms with Gasteiger partial charge in [-0.15, -0.1) is 0 Å². The molecule has 3 nitrogen and oxygen atoms in total. The first-order valence-corrected chi connectivity index (χ1v) is 8.17. The largest absolute Gasteiger partial charge is 0.395 e. The van der Waals surface area contributed by atoms with Gasteiger partial charge < -0.3 is 10.4 Å². The predicted molar refractivity (Wildman–Crippen MR) is 80.2 cm³/mol. The molecule has 4 unspecified atom stereocenters. The van der Waals surface area contributed by atoms with Crippen LogP contribution >= 0.6 is 0 Å². The molecule has 2 fully saturated rings. The van der Waals surface area contributed by atoms with Gasteiger partial charge in [0.2, 0.25) is 0 Å². The molecule has 0 aromatic heterocycles. The average molecular weight is 268 g/mol. The van der Waals surface area contributed by atoms with Gasteiger partial charge in [0.05, 0.1) is 6.61 Å². The quantitative estimate of drug-likeness (QED) is 0.801. The van der Waals surface area contributed by atoms with Crippen LogP contribution in [0.1, 0.15) is 46.0 Å². The smallest absolute Gasteiger partial charge is 0.0586 e. The third-order valence-electron chi connectivity index (χ3n) is 5.52. The van der Waals surface area contributed by atoms with Crippen LogP contribution in [0.15, 0.2) is 0 Å². The number of aliphatic hydroxyl groups excluding tert-OH is 1. The molecular weight excluding hydrogens is 236 g/mol. The summed E-state index contributed by atoms with van der Waals surface area (Å²) in [7, 11) is 2.11. The molecule has 2 aliphatic rings. The van der Waals surface area contributed by atoms with Gasteiger partial charge in [0.25, 0.3) is 0 Å². The van der Waals surface area contributed by atoms with E-state index in [0.29, 0.717) is 18.7 Å². The lowest BCUT2D eigenvalue weighted by molar-refractivity contribution is 0.0965. The molecule has 0 aromatic rings. The molecule has 0 radical (unpaired) electrons. The molecule has 1 heterocycles. The molecule has 3 heteroatoms. The molecule has 0 aromatic carbocycles. The standard InChI is InChI=1S/C16H32N2O/c1-12(2)13-6-7-16(17-3)14(9-13)10-18-8-4-5-15(18)11-19/h12-17,19H,4-11H2,1-3H3. The number of aliphatic hydroxyl groups is 1. The molecule has 1 aliphatic heterocycles. The predicted octanol–water partition coefficient (Wildman–Crippen LogP) is 2.10. The minimum atomic E-state index is 0.338. The first-order chi connectivity index (χ1) is 9.15. The van der Waals surface area contributed by atoms with Crippen molar-refractivity contribution in [3.8, 4) is 0 Å². The van der Waals surface area contributed by atoms with Gasteiger partial charge in [0, 0.05) is 18.6 Å².